The fourth-order valence-electron chi connectivity index (χ4n) is 8.57. The first-order valence-electron chi connectivity index (χ1n) is 20.5. The van der Waals surface area contributed by atoms with E-state index in [9.17, 15) is 29.1 Å². The summed E-state index contributed by atoms with van der Waals surface area (Å²) in [6, 6.07) is 15.3. The van der Waals surface area contributed by atoms with Crippen molar-refractivity contribution in [3.05, 3.63) is 76.4 Å². The number of imide groups is 2. The Hall–Kier alpha value is -5.72. The highest BCUT2D eigenvalue weighted by atomic mass is 35.5. The van der Waals surface area contributed by atoms with Crippen molar-refractivity contribution < 1.29 is 29.1 Å². The molecule has 2 aromatic carbocycles. The number of hydrogen-bond donors (Lipinski definition) is 3. The molecule has 3 N–H and O–H groups in total. The molecule has 0 bridgehead atoms. The van der Waals surface area contributed by atoms with Crippen LogP contribution in [0.25, 0.3) is 0 Å². The fourth-order valence-corrected chi connectivity index (χ4v) is 8.79. The number of pyridine rings is 1. The molecule has 1 aromatic heterocycles. The Morgan fingerprint density at radius 3 is 2.37 bits per heavy atom. The number of halogens is 1. The number of phenols is 1. The minimum absolute atomic E-state index is 0.0692. The molecule has 4 fully saturated rings. The molecule has 2 unspecified atom stereocenters. The van der Waals surface area contributed by atoms with Gasteiger partial charge in [0.2, 0.25) is 11.8 Å². The number of carbonyl (C=O) groups excluding carboxylic acids is 5. The first-order valence-corrected chi connectivity index (χ1v) is 20.8. The van der Waals surface area contributed by atoms with E-state index in [0.29, 0.717) is 35.9 Å². The van der Waals surface area contributed by atoms with Crippen molar-refractivity contribution in [2.24, 2.45) is 5.92 Å². The van der Waals surface area contributed by atoms with Crippen LogP contribution in [0.3, 0.4) is 0 Å². The van der Waals surface area contributed by atoms with Gasteiger partial charge in [-0.3, -0.25) is 29.4 Å². The number of aromatic nitrogens is 1. The summed E-state index contributed by atoms with van der Waals surface area (Å²) in [5.41, 5.74) is 2.37. The lowest BCUT2D eigenvalue weighted by Crippen LogP contribution is -2.54. The number of nitrogens with zero attached hydrogens (tertiary/aromatic N) is 7. The minimum Gasteiger partial charge on any atom is -0.508 e. The van der Waals surface area contributed by atoms with Crippen LogP contribution >= 0.6 is 11.6 Å². The number of benzene rings is 2. The third kappa shape index (κ3) is 9.14. The number of amides is 6. The van der Waals surface area contributed by atoms with Gasteiger partial charge in [-0.2, -0.15) is 5.26 Å². The van der Waals surface area contributed by atoms with Gasteiger partial charge in [-0.1, -0.05) is 24.9 Å². The molecule has 1 aliphatic carbocycles. The molecule has 0 spiro atoms. The second-order valence-electron chi connectivity index (χ2n) is 15.9. The summed E-state index contributed by atoms with van der Waals surface area (Å²) in [6.07, 6.45) is 8.53. The highest BCUT2D eigenvalue weighted by molar-refractivity contribution is 6.32. The molecule has 59 heavy (non-hydrogen) atoms. The van der Waals surface area contributed by atoms with Gasteiger partial charge in [-0.05, 0) is 100 Å². The number of fused-ring (bicyclic) bond motifs is 1. The number of nitriles is 1. The van der Waals surface area contributed by atoms with E-state index in [1.807, 2.05) is 29.2 Å². The predicted octanol–water partition coefficient (Wildman–Crippen LogP) is 5.23. The van der Waals surface area contributed by atoms with Crippen molar-refractivity contribution in [1.82, 2.24) is 25.0 Å². The van der Waals surface area contributed by atoms with Gasteiger partial charge in [-0.25, -0.2) is 9.78 Å². The van der Waals surface area contributed by atoms with E-state index in [4.69, 9.17) is 16.9 Å². The number of anilines is 3. The highest BCUT2D eigenvalue weighted by Crippen LogP contribution is 2.31. The van der Waals surface area contributed by atoms with Crippen LogP contribution in [-0.4, -0.2) is 118 Å². The molecule has 15 nitrogen and oxygen atoms in total. The largest absolute Gasteiger partial charge is 0.508 e. The standard InChI is InChI=1S/C30H40ClN7O.C13H10N2O5/c1-3-35(26-5-4-6-26)21-23-11-13-36(14-12-23)29-10-8-25(19-33-29)34-30(39)37-15-16-38(22(2)20-37)27-9-7-24(18-32)28(31)17-27;16-6-1-2-7-8(5-6)13(20)15(12(7)19)9-3-4-10(17)14-11(9)18/h7-10,17,19,22-23,26H,3-6,11-16,20-21H2,1-2H3,(H,34,39);1-2,5,9,16H,3-4H2,(H,14,17,18). The second-order valence-corrected chi connectivity index (χ2v) is 16.3. The van der Waals surface area contributed by atoms with E-state index >= 15 is 0 Å². The Bertz CT molecular complexity index is 2130. The summed E-state index contributed by atoms with van der Waals surface area (Å²) >= 11 is 6.24. The van der Waals surface area contributed by atoms with Gasteiger partial charge in [0.15, 0.2) is 0 Å². The first-order chi connectivity index (χ1) is 28.4. The number of rotatable bonds is 8. The Labute approximate surface area is 348 Å². The SMILES string of the molecule is CCN(CC1CCN(c2ccc(NC(=O)N3CCN(c4ccc(C#N)c(Cl)c4)C(C)C3)cn2)CC1)C1CCC1.O=C1CCC(N2C(=O)c3ccc(O)cc3C2=O)C(=O)N1. The zero-order chi connectivity index (χ0) is 41.8. The molecule has 2 atom stereocenters. The molecular formula is C43H50ClN9O6. The third-order valence-electron chi connectivity index (χ3n) is 12.2. The molecule has 3 aromatic rings. The van der Waals surface area contributed by atoms with E-state index in [-0.39, 0.29) is 41.8 Å². The molecule has 6 amide bonds. The third-order valence-corrected chi connectivity index (χ3v) is 12.5. The smallest absolute Gasteiger partial charge is 0.322 e. The number of nitrogens with one attached hydrogen (secondary N) is 2. The van der Waals surface area contributed by atoms with Gasteiger partial charge in [0.05, 0.1) is 33.6 Å². The summed E-state index contributed by atoms with van der Waals surface area (Å²) < 4.78 is 0. The lowest BCUT2D eigenvalue weighted by atomic mass is 9.89. The number of phenolic OH excluding ortho intramolecular Hbond substituents is 1. The summed E-state index contributed by atoms with van der Waals surface area (Å²) in [7, 11) is 0. The molecule has 4 aliphatic heterocycles. The van der Waals surface area contributed by atoms with Crippen LogP contribution in [0.5, 0.6) is 5.75 Å². The normalized spacial score (nSPS) is 21.1. The van der Waals surface area contributed by atoms with Crippen LogP contribution in [0, 0.1) is 17.2 Å². The van der Waals surface area contributed by atoms with Crippen LogP contribution in [0.15, 0.2) is 54.7 Å². The van der Waals surface area contributed by atoms with Crippen LogP contribution in [0.1, 0.15) is 85.1 Å². The quantitative estimate of drug-likeness (QED) is 0.253. The zero-order valence-electron chi connectivity index (χ0n) is 33.4. The number of hydrogen-bond acceptors (Lipinski definition) is 11. The van der Waals surface area contributed by atoms with Crippen molar-refractivity contribution in [3.8, 4) is 11.8 Å². The van der Waals surface area contributed by atoms with E-state index in [2.05, 4.69) is 50.2 Å². The summed E-state index contributed by atoms with van der Waals surface area (Å²) in [4.78, 5) is 75.0. The van der Waals surface area contributed by atoms with Crippen molar-refractivity contribution in [2.45, 2.75) is 76.9 Å². The van der Waals surface area contributed by atoms with E-state index < -0.39 is 29.7 Å². The maximum atomic E-state index is 13.0. The minimum atomic E-state index is -0.984. The Balaban J connectivity index is 0.000000221. The average Bonchev–Trinajstić information content (AvgIpc) is 3.45. The number of urea groups is 1. The van der Waals surface area contributed by atoms with Crippen molar-refractivity contribution >= 4 is 58.5 Å². The van der Waals surface area contributed by atoms with Crippen molar-refractivity contribution in [3.63, 3.8) is 0 Å². The number of aromatic hydroxyl groups is 1. The zero-order valence-corrected chi connectivity index (χ0v) is 34.2. The van der Waals surface area contributed by atoms with Crippen LogP contribution < -0.4 is 20.4 Å². The summed E-state index contributed by atoms with van der Waals surface area (Å²) in [5.74, 6) is -0.649. The molecular weight excluding hydrogens is 774 g/mol. The fraction of sp³-hybridized carbons (Fsp3) is 0.465. The molecule has 310 valence electrons. The van der Waals surface area contributed by atoms with Crippen molar-refractivity contribution in [2.75, 3.05) is 60.9 Å². The maximum absolute atomic E-state index is 13.0. The molecule has 5 heterocycles. The Morgan fingerprint density at radius 2 is 1.75 bits per heavy atom. The Kier molecular flexibility index (Phi) is 12.7. The number of piperidine rings is 2. The number of carbonyl (C=O) groups is 5. The Morgan fingerprint density at radius 1 is 0.983 bits per heavy atom. The molecule has 0 radical (unpaired) electrons. The molecule has 3 saturated heterocycles. The summed E-state index contributed by atoms with van der Waals surface area (Å²) in [5, 5.41) is 24.1. The van der Waals surface area contributed by atoms with Crippen molar-refractivity contribution in [1.29, 1.82) is 5.26 Å². The van der Waals surface area contributed by atoms with Gasteiger partial charge in [0, 0.05) is 63.5 Å². The number of piperazine rings is 1. The van der Waals surface area contributed by atoms with Gasteiger partial charge in [0.1, 0.15) is 23.7 Å². The summed E-state index contributed by atoms with van der Waals surface area (Å²) in [6.45, 7) is 10.8. The van der Waals surface area contributed by atoms with Gasteiger partial charge >= 0.3 is 6.03 Å². The lowest BCUT2D eigenvalue weighted by molar-refractivity contribution is -0.136. The van der Waals surface area contributed by atoms with Crippen LogP contribution in [0.2, 0.25) is 5.02 Å². The van der Waals surface area contributed by atoms with Crippen LogP contribution in [0.4, 0.5) is 22.0 Å². The molecule has 16 heteroatoms. The topological polar surface area (TPSA) is 183 Å². The van der Waals surface area contributed by atoms with Gasteiger partial charge in [-0.15, -0.1) is 0 Å². The van der Waals surface area contributed by atoms with Crippen LogP contribution in [-0.2, 0) is 9.59 Å². The molecule has 5 aliphatic rings. The monoisotopic (exact) mass is 823 g/mol. The van der Waals surface area contributed by atoms with E-state index in [0.717, 1.165) is 41.5 Å². The lowest BCUT2D eigenvalue weighted by Gasteiger charge is -2.41. The van der Waals surface area contributed by atoms with E-state index in [1.165, 1.54) is 63.4 Å². The van der Waals surface area contributed by atoms with Gasteiger partial charge < -0.3 is 30.0 Å². The molecule has 1 saturated carbocycles. The average molecular weight is 824 g/mol. The first kappa shape index (κ1) is 41.4. The highest BCUT2D eigenvalue weighted by Gasteiger charge is 2.44. The van der Waals surface area contributed by atoms with E-state index in [1.54, 1.807) is 12.3 Å². The van der Waals surface area contributed by atoms with Gasteiger partial charge in [0.25, 0.3) is 11.8 Å². The maximum Gasteiger partial charge on any atom is 0.322 e. The predicted molar refractivity (Wildman–Crippen MR) is 222 cm³/mol. The molecule has 8 rings (SSSR count). The second kappa shape index (κ2) is 18.0.